The summed E-state index contributed by atoms with van der Waals surface area (Å²) in [6, 6.07) is 20.2. The number of nitriles is 1. The number of carbonyl (C=O) groups is 1. The molecule has 0 spiro atoms. The predicted octanol–water partition coefficient (Wildman–Crippen LogP) is 4.39. The summed E-state index contributed by atoms with van der Waals surface area (Å²) in [5.74, 6) is 0.0745. The Kier molecular flexibility index (Phi) is 6.97. The van der Waals surface area contributed by atoms with Crippen molar-refractivity contribution >= 4 is 11.7 Å². The number of nitrogens with one attached hydrogen (secondary N) is 1. The Balaban J connectivity index is 1.98. The molecule has 3 aromatic rings. The molecule has 158 valence electrons. The van der Waals surface area contributed by atoms with E-state index in [1.165, 1.54) is 14.2 Å². The van der Waals surface area contributed by atoms with Crippen LogP contribution in [0.3, 0.4) is 0 Å². The Morgan fingerprint density at radius 2 is 1.65 bits per heavy atom. The van der Waals surface area contributed by atoms with Gasteiger partial charge in [-0.2, -0.15) is 5.26 Å². The topological polar surface area (TPSA) is 101 Å². The van der Waals surface area contributed by atoms with Gasteiger partial charge in [-0.1, -0.05) is 30.3 Å². The van der Waals surface area contributed by atoms with Crippen LogP contribution in [0.1, 0.15) is 22.7 Å². The third kappa shape index (κ3) is 5.25. The highest BCUT2D eigenvalue weighted by Gasteiger charge is 2.26. The molecule has 0 heterocycles. The molecule has 0 saturated heterocycles. The fourth-order valence-electron chi connectivity index (χ4n) is 3.04. The third-order valence-electron chi connectivity index (χ3n) is 4.64. The third-order valence-corrected chi connectivity index (χ3v) is 4.64. The molecule has 0 saturated carbocycles. The second-order valence-corrected chi connectivity index (χ2v) is 6.62. The van der Waals surface area contributed by atoms with Gasteiger partial charge in [0.2, 0.25) is 0 Å². The maximum absolute atomic E-state index is 12.2. The van der Waals surface area contributed by atoms with Crippen LogP contribution >= 0.6 is 0 Å². The van der Waals surface area contributed by atoms with E-state index in [2.05, 4.69) is 5.32 Å². The Morgan fingerprint density at radius 3 is 2.23 bits per heavy atom. The Bertz CT molecular complexity index is 1080. The molecule has 0 bridgehead atoms. The minimum absolute atomic E-state index is 0.256. The molecule has 0 aliphatic heterocycles. The number of carboxylic acid groups (broad SMARTS) is 1. The van der Waals surface area contributed by atoms with Crippen molar-refractivity contribution in [3.8, 4) is 23.3 Å². The molecule has 3 aromatic carbocycles. The number of methoxy groups -OCH3 is 2. The molecule has 0 fully saturated rings. The number of aliphatic carboxylic acids is 1. The van der Waals surface area contributed by atoms with Crippen LogP contribution in [0, 0.1) is 11.3 Å². The molecule has 2 N–H and O–H groups in total. The van der Waals surface area contributed by atoms with Crippen molar-refractivity contribution < 1.29 is 24.1 Å². The molecular formula is C24H22N2O5. The first-order valence-corrected chi connectivity index (χ1v) is 9.48. The van der Waals surface area contributed by atoms with Gasteiger partial charge in [-0.3, -0.25) is 0 Å². The Labute approximate surface area is 180 Å². The van der Waals surface area contributed by atoms with Crippen LogP contribution in [0.2, 0.25) is 0 Å². The van der Waals surface area contributed by atoms with Crippen LogP contribution in [0.25, 0.3) is 0 Å². The molecule has 0 aliphatic rings. The van der Waals surface area contributed by atoms with E-state index in [1.54, 1.807) is 36.4 Å². The van der Waals surface area contributed by atoms with Crippen LogP contribution in [0.15, 0.2) is 66.7 Å². The molecule has 1 atom stereocenters. The van der Waals surface area contributed by atoms with E-state index in [0.29, 0.717) is 34.1 Å². The zero-order valence-electron chi connectivity index (χ0n) is 17.2. The summed E-state index contributed by atoms with van der Waals surface area (Å²) >= 11 is 0. The summed E-state index contributed by atoms with van der Waals surface area (Å²) in [6.07, 6.45) is 0. The fraction of sp³-hybridized carbons (Fsp3) is 0.167. The molecule has 0 aromatic heterocycles. The van der Waals surface area contributed by atoms with Gasteiger partial charge in [0.1, 0.15) is 12.4 Å². The van der Waals surface area contributed by atoms with Crippen LogP contribution in [-0.2, 0) is 11.4 Å². The van der Waals surface area contributed by atoms with E-state index < -0.39 is 12.0 Å². The van der Waals surface area contributed by atoms with Gasteiger partial charge < -0.3 is 24.6 Å². The van der Waals surface area contributed by atoms with Crippen molar-refractivity contribution in [1.82, 2.24) is 0 Å². The maximum Gasteiger partial charge on any atom is 0.330 e. The molecule has 7 heteroatoms. The van der Waals surface area contributed by atoms with Gasteiger partial charge in [-0.15, -0.1) is 0 Å². The monoisotopic (exact) mass is 418 g/mol. The lowest BCUT2D eigenvalue weighted by atomic mass is 10.0. The van der Waals surface area contributed by atoms with E-state index >= 15 is 0 Å². The Morgan fingerprint density at radius 1 is 1.00 bits per heavy atom. The number of hydrogen-bond acceptors (Lipinski definition) is 6. The standard InChI is InChI=1S/C24H22N2O5/c1-29-21-12-19(23(24(27)28)26-18-10-8-16(14-25)9-11-18)20(13-22(21)30-2)31-15-17-6-4-3-5-7-17/h3-13,23,26H,15H2,1-2H3,(H,27,28). The summed E-state index contributed by atoms with van der Waals surface area (Å²) in [5, 5.41) is 21.9. The highest BCUT2D eigenvalue weighted by molar-refractivity contribution is 5.81. The lowest BCUT2D eigenvalue weighted by Crippen LogP contribution is -2.21. The smallest absolute Gasteiger partial charge is 0.330 e. The summed E-state index contributed by atoms with van der Waals surface area (Å²) < 4.78 is 16.7. The number of carboxylic acids is 1. The zero-order valence-corrected chi connectivity index (χ0v) is 17.2. The molecule has 3 rings (SSSR count). The molecule has 31 heavy (non-hydrogen) atoms. The maximum atomic E-state index is 12.2. The first kappa shape index (κ1) is 21.5. The van der Waals surface area contributed by atoms with Crippen molar-refractivity contribution in [3.05, 3.63) is 83.4 Å². The number of rotatable bonds is 9. The van der Waals surface area contributed by atoms with Gasteiger partial charge in [0.15, 0.2) is 17.5 Å². The summed E-state index contributed by atoms with van der Waals surface area (Å²) in [6.45, 7) is 0.256. The first-order valence-electron chi connectivity index (χ1n) is 9.48. The average Bonchev–Trinajstić information content (AvgIpc) is 2.81. The molecule has 0 radical (unpaired) electrons. The minimum Gasteiger partial charge on any atom is -0.493 e. The summed E-state index contributed by atoms with van der Waals surface area (Å²) in [4.78, 5) is 12.2. The first-order chi connectivity index (χ1) is 15.0. The second kappa shape index (κ2) is 10.0. The lowest BCUT2D eigenvalue weighted by Gasteiger charge is -2.21. The molecule has 7 nitrogen and oxygen atoms in total. The highest BCUT2D eigenvalue weighted by atomic mass is 16.5. The van der Waals surface area contributed by atoms with Gasteiger partial charge >= 0.3 is 5.97 Å². The minimum atomic E-state index is -1.13. The molecule has 1 unspecified atom stereocenters. The highest BCUT2D eigenvalue weighted by Crippen LogP contribution is 2.39. The van der Waals surface area contributed by atoms with Crippen LogP contribution in [0.4, 0.5) is 5.69 Å². The number of benzene rings is 3. The number of ether oxygens (including phenoxy) is 3. The van der Waals surface area contributed by atoms with Gasteiger partial charge in [0.25, 0.3) is 0 Å². The van der Waals surface area contributed by atoms with Gasteiger partial charge in [0.05, 0.1) is 25.9 Å². The van der Waals surface area contributed by atoms with Gasteiger partial charge in [-0.05, 0) is 35.9 Å². The van der Waals surface area contributed by atoms with Gasteiger partial charge in [-0.25, -0.2) is 4.79 Å². The van der Waals surface area contributed by atoms with Crippen molar-refractivity contribution in [2.24, 2.45) is 0 Å². The largest absolute Gasteiger partial charge is 0.493 e. The number of hydrogen-bond donors (Lipinski definition) is 2. The molecule has 0 aliphatic carbocycles. The van der Waals surface area contributed by atoms with Crippen molar-refractivity contribution in [2.75, 3.05) is 19.5 Å². The lowest BCUT2D eigenvalue weighted by molar-refractivity contribution is -0.138. The number of anilines is 1. The van der Waals surface area contributed by atoms with E-state index in [1.807, 2.05) is 36.4 Å². The number of nitrogens with zero attached hydrogens (tertiary/aromatic N) is 1. The predicted molar refractivity (Wildman–Crippen MR) is 115 cm³/mol. The summed E-state index contributed by atoms with van der Waals surface area (Å²) in [7, 11) is 2.98. The Hall–Kier alpha value is -4.18. The van der Waals surface area contributed by atoms with Crippen molar-refractivity contribution in [3.63, 3.8) is 0 Å². The normalized spacial score (nSPS) is 11.1. The quantitative estimate of drug-likeness (QED) is 0.531. The van der Waals surface area contributed by atoms with Crippen molar-refractivity contribution in [2.45, 2.75) is 12.6 Å². The SMILES string of the molecule is COc1cc(OCc2ccccc2)c(C(Nc2ccc(C#N)cc2)C(=O)O)cc1OC. The van der Waals surface area contributed by atoms with Crippen molar-refractivity contribution in [1.29, 1.82) is 5.26 Å². The zero-order chi connectivity index (χ0) is 22.2. The van der Waals surface area contributed by atoms with E-state index in [4.69, 9.17) is 19.5 Å². The summed E-state index contributed by atoms with van der Waals surface area (Å²) in [5.41, 5.74) is 2.35. The average molecular weight is 418 g/mol. The van der Waals surface area contributed by atoms with E-state index in [0.717, 1.165) is 5.56 Å². The molecular weight excluding hydrogens is 396 g/mol. The van der Waals surface area contributed by atoms with Crippen LogP contribution in [0.5, 0.6) is 17.2 Å². The second-order valence-electron chi connectivity index (χ2n) is 6.62. The van der Waals surface area contributed by atoms with E-state index in [9.17, 15) is 9.90 Å². The van der Waals surface area contributed by atoms with Gasteiger partial charge in [0, 0.05) is 17.3 Å². The van der Waals surface area contributed by atoms with Crippen LogP contribution in [-0.4, -0.2) is 25.3 Å². The van der Waals surface area contributed by atoms with Crippen LogP contribution < -0.4 is 19.5 Å². The van der Waals surface area contributed by atoms with E-state index in [-0.39, 0.29) is 6.61 Å². The fourth-order valence-corrected chi connectivity index (χ4v) is 3.04. The molecule has 0 amide bonds.